The molecule has 1 fully saturated rings. The molecule has 2 aromatic carbocycles. The van der Waals surface area contributed by atoms with Crippen LogP contribution in [0.5, 0.6) is 0 Å². The Hall–Kier alpha value is -5.19. The third-order valence-electron chi connectivity index (χ3n) is 8.82. The van der Waals surface area contributed by atoms with Gasteiger partial charge in [-0.3, -0.25) is 14.9 Å². The van der Waals surface area contributed by atoms with E-state index < -0.39 is 23.6 Å². The van der Waals surface area contributed by atoms with Crippen LogP contribution in [-0.4, -0.2) is 40.7 Å². The van der Waals surface area contributed by atoms with E-state index in [0.717, 1.165) is 48.1 Å². The van der Waals surface area contributed by atoms with Gasteiger partial charge >= 0.3 is 18.0 Å². The second kappa shape index (κ2) is 11.1. The Balaban J connectivity index is 1.32. The Morgan fingerprint density at radius 1 is 1.04 bits per heavy atom. The van der Waals surface area contributed by atoms with E-state index in [0.29, 0.717) is 33.7 Å². The number of rotatable bonds is 6. The number of aromatic nitrogens is 2. The highest BCUT2D eigenvalue weighted by atomic mass is 16.6. The number of carbonyl (C=O) groups is 3. The van der Waals surface area contributed by atoms with Crippen LogP contribution < -0.4 is 15.8 Å². The maximum absolute atomic E-state index is 14.0. The Morgan fingerprint density at radius 3 is 2.56 bits per heavy atom. The monoisotopic (exact) mass is 608 g/mol. The van der Waals surface area contributed by atoms with Crippen molar-refractivity contribution in [3.05, 3.63) is 87.2 Å². The van der Waals surface area contributed by atoms with Crippen molar-refractivity contribution in [1.82, 2.24) is 9.55 Å². The quantitative estimate of drug-likeness (QED) is 0.209. The van der Waals surface area contributed by atoms with Gasteiger partial charge in [0.05, 0.1) is 34.7 Å². The molecule has 1 amide bonds. The largest absolute Gasteiger partial charge is 0.457 e. The zero-order chi connectivity index (χ0) is 31.3. The zero-order valence-electron chi connectivity index (χ0n) is 25.1. The summed E-state index contributed by atoms with van der Waals surface area (Å²) in [7, 11) is 0. The van der Waals surface area contributed by atoms with Gasteiger partial charge in [0.2, 0.25) is 5.60 Å². The molecule has 1 atom stereocenters. The van der Waals surface area contributed by atoms with Crippen LogP contribution in [0, 0.1) is 0 Å². The summed E-state index contributed by atoms with van der Waals surface area (Å²) in [4.78, 5) is 59.1. The molecule has 0 bridgehead atoms. The van der Waals surface area contributed by atoms with E-state index in [4.69, 9.17) is 19.2 Å². The van der Waals surface area contributed by atoms with Gasteiger partial charge in [0.1, 0.15) is 13.2 Å². The number of hydrogen-bond acceptors (Lipinski definition) is 9. The molecule has 2 aromatic heterocycles. The van der Waals surface area contributed by atoms with Gasteiger partial charge in [-0.25, -0.2) is 14.6 Å². The smallest absolute Gasteiger partial charge is 0.411 e. The SMILES string of the molecule is CC[C@@]1(OC(C)=O)C(=O)OCc2c1cc1n(c2=O)Cc2c-1nc1ccc(NC(=O)OCc3ccccc3)cc1c2N1CCCC1. The first-order valence-electron chi connectivity index (χ1n) is 15.1. The number of ether oxygens (including phenoxy) is 3. The van der Waals surface area contributed by atoms with Crippen LogP contribution in [0.15, 0.2) is 59.4 Å². The second-order valence-corrected chi connectivity index (χ2v) is 11.6. The molecule has 1 N–H and O–H groups in total. The van der Waals surface area contributed by atoms with Crippen LogP contribution in [0.2, 0.25) is 0 Å². The van der Waals surface area contributed by atoms with Crippen LogP contribution in [0.1, 0.15) is 55.4 Å². The molecular formula is C34H32N4O7. The summed E-state index contributed by atoms with van der Waals surface area (Å²) in [5, 5.41) is 3.69. The number of pyridine rings is 2. The number of benzene rings is 2. The minimum atomic E-state index is -1.71. The zero-order valence-corrected chi connectivity index (χ0v) is 25.1. The number of anilines is 2. The van der Waals surface area contributed by atoms with Crippen LogP contribution in [0.25, 0.3) is 22.3 Å². The first kappa shape index (κ1) is 28.6. The lowest BCUT2D eigenvalue weighted by Gasteiger charge is -2.35. The lowest BCUT2D eigenvalue weighted by atomic mass is 9.85. The van der Waals surface area contributed by atoms with Crippen molar-refractivity contribution in [1.29, 1.82) is 0 Å². The van der Waals surface area contributed by atoms with Gasteiger partial charge in [-0.1, -0.05) is 37.3 Å². The number of hydrogen-bond donors (Lipinski definition) is 1. The Kier molecular flexibility index (Phi) is 7.03. The van der Waals surface area contributed by atoms with Gasteiger partial charge < -0.3 is 23.7 Å². The molecule has 0 spiro atoms. The van der Waals surface area contributed by atoms with Crippen molar-refractivity contribution < 1.29 is 28.6 Å². The van der Waals surface area contributed by atoms with E-state index in [2.05, 4.69) is 10.2 Å². The summed E-state index contributed by atoms with van der Waals surface area (Å²) >= 11 is 0. The molecule has 0 saturated carbocycles. The number of carbonyl (C=O) groups excluding carboxylic acids is 3. The molecule has 7 rings (SSSR count). The average Bonchev–Trinajstić information content (AvgIpc) is 3.70. The summed E-state index contributed by atoms with van der Waals surface area (Å²) < 4.78 is 18.1. The van der Waals surface area contributed by atoms with Gasteiger partial charge in [-0.15, -0.1) is 0 Å². The molecule has 3 aliphatic rings. The summed E-state index contributed by atoms with van der Waals surface area (Å²) in [6.45, 7) is 4.88. The van der Waals surface area contributed by atoms with Gasteiger partial charge in [0.25, 0.3) is 5.56 Å². The summed E-state index contributed by atoms with van der Waals surface area (Å²) in [6, 6.07) is 16.7. The Labute approximate surface area is 258 Å². The number of cyclic esters (lactones) is 1. The predicted molar refractivity (Wildman–Crippen MR) is 166 cm³/mol. The Bertz CT molecular complexity index is 1930. The Morgan fingerprint density at radius 2 is 1.82 bits per heavy atom. The van der Waals surface area contributed by atoms with Crippen molar-refractivity contribution in [2.45, 2.75) is 58.5 Å². The molecule has 4 aromatic rings. The highest BCUT2D eigenvalue weighted by Crippen LogP contribution is 2.45. The maximum atomic E-state index is 14.0. The summed E-state index contributed by atoms with van der Waals surface area (Å²) in [5.41, 5.74) is 3.81. The van der Waals surface area contributed by atoms with E-state index in [1.165, 1.54) is 6.92 Å². The lowest BCUT2D eigenvalue weighted by Crippen LogP contribution is -2.47. The third-order valence-corrected chi connectivity index (χ3v) is 8.82. The second-order valence-electron chi connectivity index (χ2n) is 11.6. The normalized spacial score (nSPS) is 18.2. The fraction of sp³-hybridized carbons (Fsp3) is 0.324. The first-order chi connectivity index (χ1) is 21.8. The van der Waals surface area contributed by atoms with Crippen molar-refractivity contribution in [3.63, 3.8) is 0 Å². The van der Waals surface area contributed by atoms with E-state index in [-0.39, 0.29) is 31.7 Å². The van der Waals surface area contributed by atoms with Gasteiger partial charge in [-0.05, 0) is 49.1 Å². The highest BCUT2D eigenvalue weighted by Gasteiger charge is 2.50. The van der Waals surface area contributed by atoms with Crippen molar-refractivity contribution >= 4 is 40.3 Å². The molecule has 230 valence electrons. The average molecular weight is 609 g/mol. The third kappa shape index (κ3) is 4.79. The topological polar surface area (TPSA) is 129 Å². The molecule has 0 unspecified atom stereocenters. The standard InChI is InChI=1S/C34H32N4O7/c1-3-34(45-20(2)39)26-16-28-29-24(17-38(28)31(40)25(26)19-43-32(34)41)30(37-13-7-8-14-37)23-15-22(11-12-27(23)36-29)35-33(42)44-18-21-9-5-4-6-10-21/h4-6,9-12,15-16H,3,7-8,13-14,17-19H2,1-2H3,(H,35,42)/t34-/m0/s1. The predicted octanol–water partition coefficient (Wildman–Crippen LogP) is 5.00. The van der Waals surface area contributed by atoms with E-state index in [1.807, 2.05) is 42.5 Å². The van der Waals surface area contributed by atoms with E-state index in [1.54, 1.807) is 23.6 Å². The van der Waals surface area contributed by atoms with Gasteiger partial charge in [0.15, 0.2) is 0 Å². The molecule has 0 aliphatic carbocycles. The molecular weight excluding hydrogens is 576 g/mol. The molecule has 3 aliphatic heterocycles. The molecule has 0 radical (unpaired) electrons. The minimum absolute atomic E-state index is 0.113. The molecule has 11 heteroatoms. The molecule has 1 saturated heterocycles. The molecule has 11 nitrogen and oxygen atoms in total. The molecule has 45 heavy (non-hydrogen) atoms. The van der Waals surface area contributed by atoms with Crippen molar-refractivity contribution in [2.24, 2.45) is 0 Å². The number of fused-ring (bicyclic) bond motifs is 5. The van der Waals surface area contributed by atoms with Gasteiger partial charge in [0, 0.05) is 42.2 Å². The summed E-state index contributed by atoms with van der Waals surface area (Å²) in [6.07, 6.45) is 1.61. The lowest BCUT2D eigenvalue weighted by molar-refractivity contribution is -0.188. The summed E-state index contributed by atoms with van der Waals surface area (Å²) in [5.74, 6) is -1.33. The highest BCUT2D eigenvalue weighted by molar-refractivity contribution is 6.01. The van der Waals surface area contributed by atoms with Crippen LogP contribution in [0.4, 0.5) is 16.2 Å². The fourth-order valence-corrected chi connectivity index (χ4v) is 6.72. The first-order valence-corrected chi connectivity index (χ1v) is 15.1. The maximum Gasteiger partial charge on any atom is 0.411 e. The number of nitrogens with zero attached hydrogens (tertiary/aromatic N) is 3. The number of esters is 2. The van der Waals surface area contributed by atoms with Crippen LogP contribution in [-0.2, 0) is 49.2 Å². The van der Waals surface area contributed by atoms with Crippen LogP contribution in [0.3, 0.4) is 0 Å². The van der Waals surface area contributed by atoms with E-state index in [9.17, 15) is 19.2 Å². The van der Waals surface area contributed by atoms with E-state index >= 15 is 0 Å². The minimum Gasteiger partial charge on any atom is -0.457 e. The van der Waals surface area contributed by atoms with Crippen molar-refractivity contribution in [3.8, 4) is 11.4 Å². The fourth-order valence-electron chi connectivity index (χ4n) is 6.72. The van der Waals surface area contributed by atoms with Crippen molar-refractivity contribution in [2.75, 3.05) is 23.3 Å². The van der Waals surface area contributed by atoms with Crippen LogP contribution >= 0.6 is 0 Å². The number of nitrogens with one attached hydrogen (secondary N) is 1. The number of amides is 1. The molecule has 5 heterocycles. The van der Waals surface area contributed by atoms with Gasteiger partial charge in [-0.2, -0.15) is 0 Å².